The van der Waals surface area contributed by atoms with Gasteiger partial charge in [0.2, 0.25) is 0 Å². The molecule has 0 fully saturated rings. The van der Waals surface area contributed by atoms with E-state index in [4.69, 9.17) is 6.58 Å². The smallest absolute Gasteiger partial charge is 0.0192 e. The third-order valence-corrected chi connectivity index (χ3v) is 2.03. The van der Waals surface area contributed by atoms with Crippen LogP contribution in [-0.2, 0) is 6.42 Å². The summed E-state index contributed by atoms with van der Waals surface area (Å²) >= 11 is 0. The maximum Gasteiger partial charge on any atom is -0.0192 e. The van der Waals surface area contributed by atoms with E-state index in [2.05, 4.69) is 18.2 Å². The highest BCUT2D eigenvalue weighted by Gasteiger charge is 2.11. The van der Waals surface area contributed by atoms with E-state index in [0.717, 1.165) is 18.4 Å². The van der Waals surface area contributed by atoms with Crippen molar-refractivity contribution in [2.45, 2.75) is 12.8 Å². The summed E-state index contributed by atoms with van der Waals surface area (Å²) in [6.07, 6.45) is 2.17. The molecule has 0 heterocycles. The lowest BCUT2D eigenvalue weighted by Gasteiger charge is -1.95. The van der Waals surface area contributed by atoms with Crippen molar-refractivity contribution in [3.63, 3.8) is 0 Å². The van der Waals surface area contributed by atoms with Crippen LogP contribution in [0.2, 0.25) is 0 Å². The fraction of sp³-hybridized carbons (Fsp3) is 0.200. The van der Waals surface area contributed by atoms with E-state index in [0.29, 0.717) is 0 Å². The minimum atomic E-state index is 1.04. The molecule has 0 aromatic heterocycles. The minimum Gasteiger partial charge on any atom is -0.0620 e. The van der Waals surface area contributed by atoms with Gasteiger partial charge in [0.25, 0.3) is 0 Å². The molecule has 1 aliphatic rings. The van der Waals surface area contributed by atoms with E-state index in [1.165, 1.54) is 11.1 Å². The topological polar surface area (TPSA) is 0 Å². The summed E-state index contributed by atoms with van der Waals surface area (Å²) in [7, 11) is 0. The lowest BCUT2D eigenvalue weighted by Crippen LogP contribution is -1.76. The first-order chi connectivity index (χ1) is 4.88. The van der Waals surface area contributed by atoms with Gasteiger partial charge in [-0.1, -0.05) is 30.8 Å². The van der Waals surface area contributed by atoms with Gasteiger partial charge in [-0.05, 0) is 29.5 Å². The second-order valence-electron chi connectivity index (χ2n) is 2.68. The number of benzene rings is 1. The monoisotopic (exact) mass is 129 g/mol. The number of fused-ring (bicyclic) bond motifs is 1. The SMILES string of the molecule is [CH]=C1CCc2ccccc21. The highest BCUT2D eigenvalue weighted by molar-refractivity contribution is 5.69. The van der Waals surface area contributed by atoms with E-state index in [9.17, 15) is 0 Å². The van der Waals surface area contributed by atoms with Gasteiger partial charge in [-0.25, -0.2) is 0 Å². The standard InChI is InChI=1S/C10H9/c1-8-6-7-9-4-2-3-5-10(8)9/h1-5H,6-7H2. The summed E-state index contributed by atoms with van der Waals surface area (Å²) in [6, 6.07) is 8.35. The molecule has 49 valence electrons. The van der Waals surface area contributed by atoms with Crippen LogP contribution in [0.25, 0.3) is 5.57 Å². The van der Waals surface area contributed by atoms with Crippen molar-refractivity contribution >= 4 is 5.57 Å². The van der Waals surface area contributed by atoms with Crippen LogP contribution >= 0.6 is 0 Å². The summed E-state index contributed by atoms with van der Waals surface area (Å²) in [4.78, 5) is 0. The molecule has 0 N–H and O–H groups in total. The third kappa shape index (κ3) is 0.688. The first-order valence-corrected chi connectivity index (χ1v) is 3.57. The predicted molar refractivity (Wildman–Crippen MR) is 42.5 cm³/mol. The second-order valence-corrected chi connectivity index (χ2v) is 2.68. The molecule has 1 aromatic carbocycles. The molecule has 10 heavy (non-hydrogen) atoms. The zero-order chi connectivity index (χ0) is 6.97. The predicted octanol–water partition coefficient (Wildman–Crippen LogP) is 2.45. The summed E-state index contributed by atoms with van der Waals surface area (Å²) < 4.78 is 0. The molecule has 0 aliphatic heterocycles. The largest absolute Gasteiger partial charge is 0.0620 e. The van der Waals surface area contributed by atoms with Crippen LogP contribution in [0.3, 0.4) is 0 Å². The molecule has 0 spiro atoms. The van der Waals surface area contributed by atoms with Gasteiger partial charge in [-0.3, -0.25) is 0 Å². The molecular formula is C10H9. The number of rotatable bonds is 0. The molecule has 0 nitrogen and oxygen atoms in total. The van der Waals surface area contributed by atoms with Crippen molar-refractivity contribution in [2.24, 2.45) is 0 Å². The number of hydrogen-bond acceptors (Lipinski definition) is 0. The summed E-state index contributed by atoms with van der Waals surface area (Å²) in [6.45, 7) is 5.76. The zero-order valence-corrected chi connectivity index (χ0v) is 5.80. The molecule has 0 amide bonds. The normalized spacial score (nSPS) is 15.4. The zero-order valence-electron chi connectivity index (χ0n) is 5.80. The molecule has 0 atom stereocenters. The Bertz CT molecular complexity index is 271. The van der Waals surface area contributed by atoms with Crippen LogP contribution in [0.1, 0.15) is 17.5 Å². The first kappa shape index (κ1) is 5.72. The molecule has 1 radical (unpaired) electrons. The maximum atomic E-state index is 5.76. The van der Waals surface area contributed by atoms with Crippen molar-refractivity contribution in [3.8, 4) is 0 Å². The third-order valence-electron chi connectivity index (χ3n) is 2.03. The van der Waals surface area contributed by atoms with Crippen LogP contribution in [0, 0.1) is 6.58 Å². The van der Waals surface area contributed by atoms with E-state index in [1.54, 1.807) is 0 Å². The van der Waals surface area contributed by atoms with E-state index >= 15 is 0 Å². The Morgan fingerprint density at radius 1 is 1.10 bits per heavy atom. The Morgan fingerprint density at radius 2 is 1.90 bits per heavy atom. The minimum absolute atomic E-state index is 1.04. The number of aryl methyl sites for hydroxylation is 1. The molecule has 0 saturated carbocycles. The van der Waals surface area contributed by atoms with Crippen molar-refractivity contribution in [1.82, 2.24) is 0 Å². The maximum absolute atomic E-state index is 5.76. The van der Waals surface area contributed by atoms with Gasteiger partial charge < -0.3 is 0 Å². The fourth-order valence-corrected chi connectivity index (χ4v) is 1.46. The molecule has 0 bridgehead atoms. The van der Waals surface area contributed by atoms with Crippen LogP contribution in [-0.4, -0.2) is 0 Å². The highest BCUT2D eigenvalue weighted by atomic mass is 14.2. The van der Waals surface area contributed by atoms with E-state index in [1.807, 2.05) is 6.07 Å². The Balaban J connectivity index is 2.61. The molecule has 0 saturated heterocycles. The Labute approximate surface area is 61.2 Å². The first-order valence-electron chi connectivity index (χ1n) is 3.57. The highest BCUT2D eigenvalue weighted by Crippen LogP contribution is 2.29. The average molecular weight is 129 g/mol. The Hall–Kier alpha value is -1.04. The Kier molecular flexibility index (Phi) is 1.13. The van der Waals surface area contributed by atoms with Crippen LogP contribution in [0.15, 0.2) is 24.3 Å². The van der Waals surface area contributed by atoms with Gasteiger partial charge in [-0.2, -0.15) is 0 Å². The van der Waals surface area contributed by atoms with Gasteiger partial charge >= 0.3 is 0 Å². The van der Waals surface area contributed by atoms with Crippen LogP contribution in [0.4, 0.5) is 0 Å². The summed E-state index contributed by atoms with van der Waals surface area (Å²) in [5, 5.41) is 0. The van der Waals surface area contributed by atoms with E-state index in [-0.39, 0.29) is 0 Å². The van der Waals surface area contributed by atoms with Crippen molar-refractivity contribution < 1.29 is 0 Å². The number of allylic oxidation sites excluding steroid dienone is 1. The van der Waals surface area contributed by atoms with Gasteiger partial charge in [0.05, 0.1) is 0 Å². The molecule has 1 aromatic rings. The van der Waals surface area contributed by atoms with Gasteiger partial charge in [-0.15, -0.1) is 0 Å². The quantitative estimate of drug-likeness (QED) is 0.504. The molecule has 0 unspecified atom stereocenters. The van der Waals surface area contributed by atoms with Crippen molar-refractivity contribution in [3.05, 3.63) is 42.0 Å². The Morgan fingerprint density at radius 3 is 2.70 bits per heavy atom. The van der Waals surface area contributed by atoms with Gasteiger partial charge in [0.1, 0.15) is 0 Å². The second kappa shape index (κ2) is 1.98. The average Bonchev–Trinajstić information content (AvgIpc) is 2.34. The molecular weight excluding hydrogens is 120 g/mol. The van der Waals surface area contributed by atoms with Crippen molar-refractivity contribution in [2.75, 3.05) is 0 Å². The van der Waals surface area contributed by atoms with Crippen LogP contribution < -0.4 is 0 Å². The van der Waals surface area contributed by atoms with Gasteiger partial charge in [0, 0.05) is 0 Å². The number of hydrogen-bond donors (Lipinski definition) is 0. The lowest BCUT2D eigenvalue weighted by atomic mass is 10.1. The lowest BCUT2D eigenvalue weighted by molar-refractivity contribution is 1.08. The van der Waals surface area contributed by atoms with Crippen LogP contribution in [0.5, 0.6) is 0 Å². The fourth-order valence-electron chi connectivity index (χ4n) is 1.46. The molecule has 2 rings (SSSR count). The summed E-state index contributed by atoms with van der Waals surface area (Å²) in [5.41, 5.74) is 3.72. The molecule has 1 aliphatic carbocycles. The molecule has 0 heteroatoms. The van der Waals surface area contributed by atoms with Gasteiger partial charge in [0.15, 0.2) is 0 Å². The van der Waals surface area contributed by atoms with Crippen molar-refractivity contribution in [1.29, 1.82) is 0 Å². The summed E-state index contributed by atoms with van der Waals surface area (Å²) in [5.74, 6) is 0. The van der Waals surface area contributed by atoms with E-state index < -0.39 is 0 Å².